The highest BCUT2D eigenvalue weighted by Gasteiger charge is 2.24. The molecular weight excluding hydrogens is 282 g/mol. The molecule has 0 atom stereocenters. The largest absolute Gasteiger partial charge is 0.392 e. The highest BCUT2D eigenvalue weighted by Crippen LogP contribution is 2.28. The third kappa shape index (κ3) is 2.65. The molecule has 0 saturated heterocycles. The Labute approximate surface area is 117 Å². The Bertz CT molecular complexity index is 677. The van der Waals surface area contributed by atoms with Crippen LogP contribution in [0, 0.1) is 6.92 Å². The first-order valence-electron chi connectivity index (χ1n) is 5.69. The van der Waals surface area contributed by atoms with E-state index in [4.69, 9.17) is 5.11 Å². The number of para-hydroxylation sites is 1. The number of aryl methyl sites for hydroxylation is 1. The van der Waals surface area contributed by atoms with Gasteiger partial charge in [-0.05, 0) is 35.6 Å². The summed E-state index contributed by atoms with van der Waals surface area (Å²) in [5, 5.41) is 10.7. The monoisotopic (exact) mass is 297 g/mol. The van der Waals surface area contributed by atoms with Crippen molar-refractivity contribution in [3.05, 3.63) is 46.8 Å². The number of hydrogen-bond acceptors (Lipinski definition) is 4. The highest BCUT2D eigenvalue weighted by molar-refractivity contribution is 7.94. The van der Waals surface area contributed by atoms with Crippen LogP contribution < -0.4 is 4.31 Å². The van der Waals surface area contributed by atoms with Gasteiger partial charge in [0.2, 0.25) is 0 Å². The van der Waals surface area contributed by atoms with Crippen LogP contribution in [0.1, 0.15) is 11.1 Å². The van der Waals surface area contributed by atoms with Crippen LogP contribution in [0.3, 0.4) is 0 Å². The maximum Gasteiger partial charge on any atom is 0.273 e. The molecule has 1 heterocycles. The molecule has 2 rings (SSSR count). The molecule has 0 spiro atoms. The molecule has 102 valence electrons. The van der Waals surface area contributed by atoms with Crippen molar-refractivity contribution in [1.29, 1.82) is 0 Å². The lowest BCUT2D eigenvalue weighted by Gasteiger charge is -2.20. The maximum atomic E-state index is 12.5. The average Bonchev–Trinajstić information content (AvgIpc) is 2.88. The molecule has 0 amide bonds. The normalized spacial score (nSPS) is 11.5. The van der Waals surface area contributed by atoms with E-state index >= 15 is 0 Å². The van der Waals surface area contributed by atoms with Crippen molar-refractivity contribution < 1.29 is 13.5 Å². The van der Waals surface area contributed by atoms with Crippen molar-refractivity contribution in [3.63, 3.8) is 0 Å². The molecule has 1 N–H and O–H groups in total. The van der Waals surface area contributed by atoms with E-state index in [0.717, 1.165) is 16.9 Å². The smallest absolute Gasteiger partial charge is 0.273 e. The Balaban J connectivity index is 2.42. The van der Waals surface area contributed by atoms with Crippen molar-refractivity contribution in [1.82, 2.24) is 0 Å². The summed E-state index contributed by atoms with van der Waals surface area (Å²) in [5.74, 6) is 0. The van der Waals surface area contributed by atoms with Gasteiger partial charge in [-0.25, -0.2) is 8.42 Å². The number of rotatable bonds is 4. The Hall–Kier alpha value is -1.37. The zero-order valence-corrected chi connectivity index (χ0v) is 12.3. The van der Waals surface area contributed by atoms with Gasteiger partial charge in [-0.15, -0.1) is 11.3 Å². The Kier molecular flexibility index (Phi) is 3.93. The summed E-state index contributed by atoms with van der Waals surface area (Å²) in [6, 6.07) is 8.83. The Morgan fingerprint density at radius 2 is 2.00 bits per heavy atom. The third-order valence-electron chi connectivity index (χ3n) is 2.88. The lowest BCUT2D eigenvalue weighted by atomic mass is 10.2. The first-order valence-corrected chi connectivity index (χ1v) is 8.01. The zero-order valence-electron chi connectivity index (χ0n) is 10.7. The van der Waals surface area contributed by atoms with E-state index < -0.39 is 10.0 Å². The van der Waals surface area contributed by atoms with Gasteiger partial charge >= 0.3 is 0 Å². The van der Waals surface area contributed by atoms with Gasteiger partial charge in [-0.2, -0.15) is 0 Å². The summed E-state index contributed by atoms with van der Waals surface area (Å²) in [7, 11) is -2.03. The zero-order chi connectivity index (χ0) is 14.0. The topological polar surface area (TPSA) is 57.6 Å². The van der Waals surface area contributed by atoms with Gasteiger partial charge in [0, 0.05) is 7.05 Å². The molecule has 19 heavy (non-hydrogen) atoms. The van der Waals surface area contributed by atoms with Crippen LogP contribution in [0.2, 0.25) is 0 Å². The van der Waals surface area contributed by atoms with Gasteiger partial charge in [0.15, 0.2) is 0 Å². The Morgan fingerprint density at radius 3 is 2.58 bits per heavy atom. The minimum atomic E-state index is -3.56. The van der Waals surface area contributed by atoms with Crippen LogP contribution in [0.4, 0.5) is 5.69 Å². The van der Waals surface area contributed by atoms with Gasteiger partial charge in [-0.1, -0.05) is 18.2 Å². The van der Waals surface area contributed by atoms with E-state index in [1.807, 2.05) is 25.1 Å². The lowest BCUT2D eigenvalue weighted by Crippen LogP contribution is -2.26. The average molecular weight is 297 g/mol. The quantitative estimate of drug-likeness (QED) is 0.942. The van der Waals surface area contributed by atoms with E-state index in [0.29, 0.717) is 11.3 Å². The molecule has 2 aromatic rings. The van der Waals surface area contributed by atoms with Crippen LogP contribution in [-0.2, 0) is 16.6 Å². The number of hydrogen-bond donors (Lipinski definition) is 1. The molecule has 1 aromatic heterocycles. The van der Waals surface area contributed by atoms with E-state index in [1.165, 1.54) is 17.4 Å². The second-order valence-electron chi connectivity index (χ2n) is 4.19. The molecule has 0 bridgehead atoms. The summed E-state index contributed by atoms with van der Waals surface area (Å²) >= 11 is 1.12. The van der Waals surface area contributed by atoms with Gasteiger partial charge in [0.1, 0.15) is 4.21 Å². The molecule has 4 nitrogen and oxygen atoms in total. The summed E-state index contributed by atoms with van der Waals surface area (Å²) in [5.41, 5.74) is 2.16. The second kappa shape index (κ2) is 5.32. The van der Waals surface area contributed by atoms with Crippen molar-refractivity contribution in [2.45, 2.75) is 17.7 Å². The minimum Gasteiger partial charge on any atom is -0.392 e. The first-order chi connectivity index (χ1) is 8.96. The van der Waals surface area contributed by atoms with Crippen molar-refractivity contribution in [2.75, 3.05) is 11.4 Å². The summed E-state index contributed by atoms with van der Waals surface area (Å²) < 4.78 is 26.4. The number of benzene rings is 1. The van der Waals surface area contributed by atoms with E-state index in [-0.39, 0.29) is 10.8 Å². The maximum absolute atomic E-state index is 12.5. The van der Waals surface area contributed by atoms with Gasteiger partial charge in [-0.3, -0.25) is 4.31 Å². The number of thiophene rings is 1. The molecule has 0 aliphatic carbocycles. The summed E-state index contributed by atoms with van der Waals surface area (Å²) in [4.78, 5) is 0. The van der Waals surface area contributed by atoms with Crippen molar-refractivity contribution in [2.24, 2.45) is 0 Å². The van der Waals surface area contributed by atoms with E-state index in [2.05, 4.69) is 0 Å². The van der Waals surface area contributed by atoms with Gasteiger partial charge in [0.05, 0.1) is 12.3 Å². The molecule has 0 fully saturated rings. The molecule has 0 aliphatic heterocycles. The molecule has 0 radical (unpaired) electrons. The molecule has 6 heteroatoms. The van der Waals surface area contributed by atoms with E-state index in [1.54, 1.807) is 11.4 Å². The van der Waals surface area contributed by atoms with Gasteiger partial charge < -0.3 is 5.11 Å². The third-order valence-corrected chi connectivity index (χ3v) is 6.12. The SMILES string of the molecule is Cc1ccccc1N(C)S(=O)(=O)c1cc(CO)cs1. The molecule has 1 aromatic carbocycles. The predicted octanol–water partition coefficient (Wildman–Crippen LogP) is 2.37. The van der Waals surface area contributed by atoms with Crippen LogP contribution >= 0.6 is 11.3 Å². The summed E-state index contributed by atoms with van der Waals surface area (Å²) in [6.45, 7) is 1.72. The number of sulfonamides is 1. The number of nitrogens with zero attached hydrogens (tertiary/aromatic N) is 1. The molecule has 0 saturated carbocycles. The van der Waals surface area contributed by atoms with E-state index in [9.17, 15) is 8.42 Å². The second-order valence-corrected chi connectivity index (χ2v) is 7.30. The Morgan fingerprint density at radius 1 is 1.32 bits per heavy atom. The van der Waals surface area contributed by atoms with Crippen molar-refractivity contribution >= 4 is 27.0 Å². The fraction of sp³-hybridized carbons (Fsp3) is 0.231. The van der Waals surface area contributed by atoms with Crippen LogP contribution in [0.15, 0.2) is 39.9 Å². The summed E-state index contributed by atoms with van der Waals surface area (Å²) in [6.07, 6.45) is 0. The molecule has 0 aliphatic rings. The molecule has 0 unspecified atom stereocenters. The van der Waals surface area contributed by atoms with Crippen LogP contribution in [0.25, 0.3) is 0 Å². The number of anilines is 1. The lowest BCUT2D eigenvalue weighted by molar-refractivity contribution is 0.282. The minimum absolute atomic E-state index is 0.153. The number of aliphatic hydroxyl groups excluding tert-OH is 1. The highest BCUT2D eigenvalue weighted by atomic mass is 32.2. The van der Waals surface area contributed by atoms with Crippen molar-refractivity contribution in [3.8, 4) is 0 Å². The number of aliphatic hydroxyl groups is 1. The van der Waals surface area contributed by atoms with Gasteiger partial charge in [0.25, 0.3) is 10.0 Å². The standard InChI is InChI=1S/C13H15NO3S2/c1-10-5-3-4-6-12(10)14(2)19(16,17)13-7-11(8-15)9-18-13/h3-7,9,15H,8H2,1-2H3. The van der Waals surface area contributed by atoms with Crippen LogP contribution in [-0.4, -0.2) is 20.6 Å². The first kappa shape index (κ1) is 14.0. The van der Waals surface area contributed by atoms with Crippen LogP contribution in [0.5, 0.6) is 0 Å². The predicted molar refractivity (Wildman–Crippen MR) is 77.0 cm³/mol. The molecular formula is C13H15NO3S2. The fourth-order valence-corrected chi connectivity index (χ4v) is 4.38. The fourth-order valence-electron chi connectivity index (χ4n) is 1.75.